The first kappa shape index (κ1) is 13.0. The highest BCUT2D eigenvalue weighted by Crippen LogP contribution is 2.24. The molecule has 0 fully saturated rings. The van der Waals surface area contributed by atoms with Crippen LogP contribution in [0.25, 0.3) is 0 Å². The van der Waals surface area contributed by atoms with Gasteiger partial charge in [-0.05, 0) is 39.2 Å². The summed E-state index contributed by atoms with van der Waals surface area (Å²) in [6, 6.07) is 1.56. The Kier molecular flexibility index (Phi) is 3.60. The van der Waals surface area contributed by atoms with Gasteiger partial charge in [-0.3, -0.25) is 4.79 Å². The minimum absolute atomic E-state index is 0.246. The minimum atomic E-state index is -0.972. The van der Waals surface area contributed by atoms with Gasteiger partial charge in [-0.1, -0.05) is 0 Å². The molecule has 5 heteroatoms. The number of aliphatic hydroxyl groups is 1. The molecule has 0 aliphatic heterocycles. The highest BCUT2D eigenvalue weighted by molar-refractivity contribution is 6.47. The smallest absolute Gasteiger partial charge is 0.334 e. The molecule has 1 heterocycles. The SMILES string of the molecule is CC(C)(O)C(C)(C)O[B]c1coc(C=O)c1. The number of hydrogen-bond donors (Lipinski definition) is 1. The number of hydrogen-bond acceptors (Lipinski definition) is 4. The first-order valence-corrected chi connectivity index (χ1v) is 5.03. The second kappa shape index (κ2) is 4.43. The van der Waals surface area contributed by atoms with Gasteiger partial charge in [-0.15, -0.1) is 0 Å². The van der Waals surface area contributed by atoms with Crippen LogP contribution < -0.4 is 5.46 Å². The molecule has 4 nitrogen and oxygen atoms in total. The summed E-state index contributed by atoms with van der Waals surface area (Å²) >= 11 is 0. The lowest BCUT2D eigenvalue weighted by Crippen LogP contribution is -2.49. The van der Waals surface area contributed by atoms with Crippen molar-refractivity contribution in [3.8, 4) is 0 Å². The number of rotatable bonds is 5. The van der Waals surface area contributed by atoms with Crippen LogP contribution in [-0.4, -0.2) is 30.1 Å². The summed E-state index contributed by atoms with van der Waals surface area (Å²) in [5, 5.41) is 9.85. The summed E-state index contributed by atoms with van der Waals surface area (Å²) in [4.78, 5) is 10.4. The van der Waals surface area contributed by atoms with E-state index < -0.39 is 11.2 Å². The first-order chi connectivity index (χ1) is 7.26. The van der Waals surface area contributed by atoms with Crippen molar-refractivity contribution in [2.75, 3.05) is 0 Å². The lowest BCUT2D eigenvalue weighted by atomic mass is 9.84. The van der Waals surface area contributed by atoms with Crippen LogP contribution in [-0.2, 0) is 4.65 Å². The molecular formula is C11H16BO4. The van der Waals surface area contributed by atoms with Crippen molar-refractivity contribution in [3.05, 3.63) is 18.1 Å². The van der Waals surface area contributed by atoms with E-state index in [-0.39, 0.29) is 5.76 Å². The van der Waals surface area contributed by atoms with Gasteiger partial charge in [0.15, 0.2) is 12.0 Å². The summed E-state index contributed by atoms with van der Waals surface area (Å²) < 4.78 is 10.4. The molecule has 0 saturated heterocycles. The van der Waals surface area contributed by atoms with Gasteiger partial charge in [0.2, 0.25) is 0 Å². The molecule has 16 heavy (non-hydrogen) atoms. The molecule has 0 aliphatic carbocycles. The zero-order valence-corrected chi connectivity index (χ0v) is 9.98. The molecule has 1 aromatic rings. The van der Waals surface area contributed by atoms with E-state index >= 15 is 0 Å². The Morgan fingerprint density at radius 2 is 2.06 bits per heavy atom. The third-order valence-corrected chi connectivity index (χ3v) is 2.72. The van der Waals surface area contributed by atoms with E-state index in [1.54, 1.807) is 33.8 Å². The van der Waals surface area contributed by atoms with Crippen LogP contribution in [0.3, 0.4) is 0 Å². The largest absolute Gasteiger partial charge is 0.462 e. The summed E-state index contributed by atoms with van der Waals surface area (Å²) in [7, 11) is 1.47. The third-order valence-electron chi connectivity index (χ3n) is 2.72. The molecule has 0 saturated carbocycles. The van der Waals surface area contributed by atoms with Gasteiger partial charge in [0.05, 0.1) is 17.5 Å². The topological polar surface area (TPSA) is 59.7 Å². The normalized spacial score (nSPS) is 12.6. The maximum Gasteiger partial charge on any atom is 0.334 e. The van der Waals surface area contributed by atoms with Gasteiger partial charge in [0.25, 0.3) is 0 Å². The van der Waals surface area contributed by atoms with Gasteiger partial charge in [-0.25, -0.2) is 0 Å². The Bertz CT molecular complexity index is 362. The van der Waals surface area contributed by atoms with Gasteiger partial charge in [0, 0.05) is 0 Å². The van der Waals surface area contributed by atoms with Gasteiger partial charge in [-0.2, -0.15) is 0 Å². The molecule has 0 aliphatic rings. The molecule has 1 N–H and O–H groups in total. The Hall–Kier alpha value is -1.07. The Balaban J connectivity index is 2.61. The molecule has 1 radical (unpaired) electrons. The molecular weight excluding hydrogens is 207 g/mol. The molecule has 1 aromatic heterocycles. The fourth-order valence-corrected chi connectivity index (χ4v) is 0.852. The van der Waals surface area contributed by atoms with Crippen LogP contribution in [0, 0.1) is 0 Å². The van der Waals surface area contributed by atoms with Crippen LogP contribution in [0.1, 0.15) is 38.2 Å². The number of carbonyl (C=O) groups excluding carboxylic acids is 1. The van der Waals surface area contributed by atoms with E-state index in [2.05, 4.69) is 0 Å². The Morgan fingerprint density at radius 3 is 2.50 bits per heavy atom. The quantitative estimate of drug-likeness (QED) is 0.595. The molecule has 0 unspecified atom stereocenters. The van der Waals surface area contributed by atoms with Crippen LogP contribution in [0.4, 0.5) is 0 Å². The molecule has 0 aromatic carbocycles. The van der Waals surface area contributed by atoms with E-state index in [1.165, 1.54) is 13.7 Å². The van der Waals surface area contributed by atoms with E-state index in [1.807, 2.05) is 0 Å². The molecule has 87 valence electrons. The third kappa shape index (κ3) is 2.96. The summed E-state index contributed by atoms with van der Waals surface area (Å²) in [6.07, 6.45) is 2.04. The van der Waals surface area contributed by atoms with Crippen LogP contribution >= 0.6 is 0 Å². The maximum absolute atomic E-state index is 10.4. The standard InChI is InChI=1S/C11H16BO4/c1-10(2,14)11(3,4)16-12-8-5-9(6-13)15-7-8/h5-7,14H,1-4H3. The highest BCUT2D eigenvalue weighted by atomic mass is 16.5. The maximum atomic E-state index is 10.4. The predicted octanol–water partition coefficient (Wildman–Crippen LogP) is 0.903. The van der Waals surface area contributed by atoms with Gasteiger partial charge in [0.1, 0.15) is 0 Å². The van der Waals surface area contributed by atoms with E-state index in [9.17, 15) is 9.90 Å². The molecule has 0 spiro atoms. The predicted molar refractivity (Wildman–Crippen MR) is 60.9 cm³/mol. The lowest BCUT2D eigenvalue weighted by molar-refractivity contribution is -0.0893. The van der Waals surface area contributed by atoms with E-state index in [0.29, 0.717) is 11.7 Å². The van der Waals surface area contributed by atoms with Crippen LogP contribution in [0.5, 0.6) is 0 Å². The second-order valence-corrected chi connectivity index (χ2v) is 4.71. The van der Waals surface area contributed by atoms with Crippen LogP contribution in [0.15, 0.2) is 16.7 Å². The zero-order valence-electron chi connectivity index (χ0n) is 9.98. The molecule has 0 bridgehead atoms. The summed E-state index contributed by atoms with van der Waals surface area (Å²) in [6.45, 7) is 6.91. The lowest BCUT2D eigenvalue weighted by Gasteiger charge is -2.37. The second-order valence-electron chi connectivity index (χ2n) is 4.71. The zero-order chi connectivity index (χ0) is 12.4. The van der Waals surface area contributed by atoms with Crippen molar-refractivity contribution in [1.29, 1.82) is 0 Å². The van der Waals surface area contributed by atoms with E-state index in [0.717, 1.165) is 0 Å². The van der Waals surface area contributed by atoms with Crippen molar-refractivity contribution in [2.24, 2.45) is 0 Å². The van der Waals surface area contributed by atoms with Crippen molar-refractivity contribution < 1.29 is 19.0 Å². The Labute approximate surface area is 95.9 Å². The number of carbonyl (C=O) groups is 1. The van der Waals surface area contributed by atoms with Crippen molar-refractivity contribution in [3.63, 3.8) is 0 Å². The average Bonchev–Trinajstić information content (AvgIpc) is 2.60. The monoisotopic (exact) mass is 223 g/mol. The van der Waals surface area contributed by atoms with Crippen molar-refractivity contribution in [1.82, 2.24) is 0 Å². The fraction of sp³-hybridized carbons (Fsp3) is 0.545. The molecule has 0 atom stereocenters. The molecule has 1 rings (SSSR count). The average molecular weight is 223 g/mol. The van der Waals surface area contributed by atoms with Crippen molar-refractivity contribution >= 4 is 19.2 Å². The fourth-order valence-electron chi connectivity index (χ4n) is 0.852. The van der Waals surface area contributed by atoms with Crippen LogP contribution in [0.2, 0.25) is 0 Å². The van der Waals surface area contributed by atoms with Gasteiger partial charge < -0.3 is 14.2 Å². The summed E-state index contributed by atoms with van der Waals surface area (Å²) in [5.41, 5.74) is -1.05. The Morgan fingerprint density at radius 1 is 1.44 bits per heavy atom. The number of aldehydes is 1. The first-order valence-electron chi connectivity index (χ1n) is 5.03. The molecule has 0 amide bonds. The number of furan rings is 1. The minimum Gasteiger partial charge on any atom is -0.462 e. The van der Waals surface area contributed by atoms with Gasteiger partial charge >= 0.3 is 7.48 Å². The highest BCUT2D eigenvalue weighted by Gasteiger charge is 2.35. The van der Waals surface area contributed by atoms with Crippen molar-refractivity contribution in [2.45, 2.75) is 38.9 Å². The summed E-state index contributed by atoms with van der Waals surface area (Å²) in [5.74, 6) is 0.246. The van der Waals surface area contributed by atoms with E-state index in [4.69, 9.17) is 9.07 Å².